The van der Waals surface area contributed by atoms with Crippen LogP contribution in [0.2, 0.25) is 0 Å². The predicted octanol–water partition coefficient (Wildman–Crippen LogP) is 0.619. The van der Waals surface area contributed by atoms with E-state index in [1.54, 1.807) is 6.92 Å². The molecular weight excluding hydrogens is 289 g/mol. The Morgan fingerprint density at radius 1 is 1.20 bits per heavy atom. The van der Waals surface area contributed by atoms with Crippen LogP contribution in [0, 0.1) is 0 Å². The van der Waals surface area contributed by atoms with Gasteiger partial charge in [-0.05, 0) is 13.3 Å². The molecule has 2 nitrogen and oxygen atoms in total. The molecule has 4 heteroatoms. The number of hydrogen-bond acceptors (Lipinski definition) is 2. The van der Waals surface area contributed by atoms with Crippen LogP contribution >= 0.6 is 0 Å². The molecule has 0 saturated carbocycles. The maximum atomic E-state index is 8.07. The SMILES string of the molecule is CCCCO.CCO.[Ba+2].[H-].[H-].[Ti]. The van der Waals surface area contributed by atoms with Gasteiger partial charge in [-0.2, -0.15) is 0 Å². The van der Waals surface area contributed by atoms with Crippen LogP contribution in [0.3, 0.4) is 0 Å². The first-order valence-electron chi connectivity index (χ1n) is 3.05. The fourth-order valence-corrected chi connectivity index (χ4v) is 0.158. The van der Waals surface area contributed by atoms with E-state index < -0.39 is 0 Å². The summed E-state index contributed by atoms with van der Waals surface area (Å²) in [6.45, 7) is 4.33. The van der Waals surface area contributed by atoms with E-state index in [0.717, 1.165) is 12.8 Å². The number of hydrogen-bond donors (Lipinski definition) is 2. The predicted molar refractivity (Wildman–Crippen MR) is 42.7 cm³/mol. The van der Waals surface area contributed by atoms with Gasteiger partial charge in [0.25, 0.3) is 0 Å². The van der Waals surface area contributed by atoms with Gasteiger partial charge in [-0.1, -0.05) is 13.3 Å². The molecule has 0 aliphatic rings. The van der Waals surface area contributed by atoms with Crippen LogP contribution < -0.4 is 0 Å². The normalized spacial score (nSPS) is 6.00. The molecule has 60 valence electrons. The van der Waals surface area contributed by atoms with Gasteiger partial charge in [-0.15, -0.1) is 0 Å². The summed E-state index contributed by atoms with van der Waals surface area (Å²) in [5.74, 6) is 0. The van der Waals surface area contributed by atoms with E-state index in [1.807, 2.05) is 0 Å². The Morgan fingerprint density at radius 2 is 1.50 bits per heavy atom. The molecule has 0 unspecified atom stereocenters. The van der Waals surface area contributed by atoms with Crippen molar-refractivity contribution < 1.29 is 34.8 Å². The van der Waals surface area contributed by atoms with Gasteiger partial charge in [0.1, 0.15) is 0 Å². The molecule has 0 bridgehead atoms. The first-order valence-corrected chi connectivity index (χ1v) is 3.05. The fraction of sp³-hybridized carbons (Fsp3) is 1.00. The van der Waals surface area contributed by atoms with E-state index in [-0.39, 0.29) is 80.1 Å². The van der Waals surface area contributed by atoms with Crippen molar-refractivity contribution in [2.75, 3.05) is 13.2 Å². The third-order valence-electron chi connectivity index (χ3n) is 0.512. The van der Waals surface area contributed by atoms with Gasteiger partial charge in [-0.3, -0.25) is 0 Å². The minimum Gasteiger partial charge on any atom is -1.00 e. The van der Waals surface area contributed by atoms with Crippen molar-refractivity contribution in [1.82, 2.24) is 0 Å². The third kappa shape index (κ3) is 48.9. The fourth-order valence-electron chi connectivity index (χ4n) is 0.158. The van der Waals surface area contributed by atoms with Crippen LogP contribution in [-0.2, 0) is 21.7 Å². The van der Waals surface area contributed by atoms with Crippen LogP contribution in [-0.4, -0.2) is 72.3 Å². The molecule has 10 heavy (non-hydrogen) atoms. The van der Waals surface area contributed by atoms with Crippen molar-refractivity contribution in [2.24, 2.45) is 0 Å². The summed E-state index contributed by atoms with van der Waals surface area (Å²) in [6, 6.07) is 0. The van der Waals surface area contributed by atoms with Crippen molar-refractivity contribution >= 4 is 48.9 Å². The van der Waals surface area contributed by atoms with Gasteiger partial charge >= 0.3 is 48.9 Å². The molecular formula is C6H18BaO2Ti. The summed E-state index contributed by atoms with van der Waals surface area (Å²) >= 11 is 0. The van der Waals surface area contributed by atoms with Crippen molar-refractivity contribution in [3.8, 4) is 0 Å². The molecule has 0 rings (SSSR count). The van der Waals surface area contributed by atoms with Gasteiger partial charge in [0.15, 0.2) is 0 Å². The van der Waals surface area contributed by atoms with E-state index in [2.05, 4.69) is 6.92 Å². The van der Waals surface area contributed by atoms with Gasteiger partial charge < -0.3 is 13.1 Å². The Morgan fingerprint density at radius 3 is 1.50 bits per heavy atom. The monoisotopic (exact) mass is 308 g/mol. The molecule has 0 saturated heterocycles. The zero-order valence-corrected chi connectivity index (χ0v) is 12.9. The molecule has 0 aliphatic heterocycles. The average Bonchev–Trinajstić information content (AvgIpc) is 1.71. The van der Waals surface area contributed by atoms with Gasteiger partial charge in [0, 0.05) is 34.9 Å². The number of aliphatic hydroxyl groups is 2. The second-order valence-corrected chi connectivity index (χ2v) is 1.39. The molecule has 0 radical (unpaired) electrons. The van der Waals surface area contributed by atoms with E-state index in [0.29, 0.717) is 6.61 Å². The quantitative estimate of drug-likeness (QED) is 0.734. The number of unbranched alkanes of at least 4 members (excludes halogenated alkanes) is 1. The van der Waals surface area contributed by atoms with Crippen molar-refractivity contribution in [3.05, 3.63) is 0 Å². The smallest absolute Gasteiger partial charge is 1.00 e. The third-order valence-corrected chi connectivity index (χ3v) is 0.512. The number of aliphatic hydroxyl groups excluding tert-OH is 2. The molecule has 0 atom stereocenters. The van der Waals surface area contributed by atoms with Gasteiger partial charge in [-0.25, -0.2) is 0 Å². The topological polar surface area (TPSA) is 40.5 Å². The maximum absolute atomic E-state index is 8.07. The van der Waals surface area contributed by atoms with Crippen molar-refractivity contribution in [2.45, 2.75) is 26.7 Å². The molecule has 0 heterocycles. The molecule has 0 aromatic heterocycles. The number of rotatable bonds is 2. The summed E-state index contributed by atoms with van der Waals surface area (Å²) in [4.78, 5) is 0. The molecule has 0 spiro atoms. The van der Waals surface area contributed by atoms with Crippen LogP contribution in [0.25, 0.3) is 0 Å². The molecule has 0 fully saturated rings. The Balaban J connectivity index is -0.0000000119. The molecule has 0 aromatic rings. The second-order valence-electron chi connectivity index (χ2n) is 1.39. The van der Waals surface area contributed by atoms with E-state index in [4.69, 9.17) is 10.2 Å². The first-order chi connectivity index (χ1) is 3.83. The van der Waals surface area contributed by atoms with Crippen molar-refractivity contribution in [3.63, 3.8) is 0 Å². The van der Waals surface area contributed by atoms with Crippen LogP contribution in [0.5, 0.6) is 0 Å². The Hall–Kier alpha value is 2.21. The zero-order valence-electron chi connectivity index (χ0n) is 8.93. The zero-order chi connectivity index (χ0) is 6.83. The molecule has 0 aromatic carbocycles. The molecule has 0 aliphatic carbocycles. The molecule has 0 amide bonds. The standard InChI is InChI=1S/C4H10O.C2H6O.Ba.Ti.2H/c1-2-3-4-5;1-2-3;;;;/h5H,2-4H2,1H3;3H,2H2,1H3;;;;/q;;+2;;2*-1. The Kier molecular flexibility index (Phi) is 69.0. The summed E-state index contributed by atoms with van der Waals surface area (Å²) in [5, 5.41) is 15.6. The minimum atomic E-state index is 0. The minimum absolute atomic E-state index is 0. The van der Waals surface area contributed by atoms with E-state index >= 15 is 0 Å². The van der Waals surface area contributed by atoms with Crippen molar-refractivity contribution in [1.29, 1.82) is 0 Å². The first kappa shape index (κ1) is 22.8. The Bertz CT molecular complexity index is 37.5. The molecule has 2 N–H and O–H groups in total. The van der Waals surface area contributed by atoms with E-state index in [1.165, 1.54) is 0 Å². The summed E-state index contributed by atoms with van der Waals surface area (Å²) < 4.78 is 0. The Labute approximate surface area is 122 Å². The second kappa shape index (κ2) is 30.3. The maximum Gasteiger partial charge on any atom is 2.00 e. The van der Waals surface area contributed by atoms with Crippen LogP contribution in [0.1, 0.15) is 29.5 Å². The van der Waals surface area contributed by atoms with Crippen LogP contribution in [0.4, 0.5) is 0 Å². The van der Waals surface area contributed by atoms with Crippen LogP contribution in [0.15, 0.2) is 0 Å². The summed E-state index contributed by atoms with van der Waals surface area (Å²) in [6.07, 6.45) is 2.04. The van der Waals surface area contributed by atoms with Gasteiger partial charge in [0.05, 0.1) is 0 Å². The average molecular weight is 307 g/mol. The van der Waals surface area contributed by atoms with E-state index in [9.17, 15) is 0 Å². The largest absolute Gasteiger partial charge is 2.00 e. The summed E-state index contributed by atoms with van der Waals surface area (Å²) in [7, 11) is 0. The summed E-state index contributed by atoms with van der Waals surface area (Å²) in [5.41, 5.74) is 0. The van der Waals surface area contributed by atoms with Gasteiger partial charge in [0.2, 0.25) is 0 Å².